The van der Waals surface area contributed by atoms with Gasteiger partial charge < -0.3 is 10.2 Å². The minimum absolute atomic E-state index is 0.0491. The monoisotopic (exact) mass is 393 g/mol. The number of carbonyl (C=O) groups is 1. The molecule has 3 rings (SSSR count). The number of hydrogen-bond acceptors (Lipinski definition) is 5. The van der Waals surface area contributed by atoms with Crippen molar-refractivity contribution in [3.05, 3.63) is 53.2 Å². The van der Waals surface area contributed by atoms with Gasteiger partial charge in [0.05, 0.1) is 23.4 Å². The molecule has 1 atom stereocenters. The molecule has 0 radical (unpaired) electrons. The first-order chi connectivity index (χ1) is 12.4. The fraction of sp³-hybridized carbons (Fsp3) is 0.333. The summed E-state index contributed by atoms with van der Waals surface area (Å²) < 4.78 is 23.4. The zero-order valence-electron chi connectivity index (χ0n) is 14.4. The molecule has 1 amide bonds. The fourth-order valence-corrected chi connectivity index (χ4v) is 4.92. The first-order valence-electron chi connectivity index (χ1n) is 8.38. The molecule has 0 spiro atoms. The minimum atomic E-state index is -2.95. The average molecular weight is 394 g/mol. The van der Waals surface area contributed by atoms with Crippen molar-refractivity contribution in [1.29, 1.82) is 0 Å². The van der Waals surface area contributed by atoms with Gasteiger partial charge >= 0.3 is 0 Å². The van der Waals surface area contributed by atoms with Crippen LogP contribution in [-0.2, 0) is 9.84 Å². The summed E-state index contributed by atoms with van der Waals surface area (Å²) in [7, 11) is -2.95. The van der Waals surface area contributed by atoms with Gasteiger partial charge in [0, 0.05) is 23.2 Å². The Bertz CT molecular complexity index is 883. The highest BCUT2D eigenvalue weighted by molar-refractivity contribution is 7.91. The summed E-state index contributed by atoms with van der Waals surface area (Å²) in [5, 5.41) is 3.36. The molecule has 2 aromatic rings. The van der Waals surface area contributed by atoms with Crippen LogP contribution in [0.15, 0.2) is 42.6 Å². The van der Waals surface area contributed by atoms with Crippen LogP contribution in [0, 0.1) is 0 Å². The molecular weight excluding hydrogens is 374 g/mol. The van der Waals surface area contributed by atoms with Crippen LogP contribution in [-0.4, -0.2) is 43.4 Å². The normalized spacial score (nSPS) is 18.5. The molecule has 8 heteroatoms. The third kappa shape index (κ3) is 4.34. The van der Waals surface area contributed by atoms with E-state index in [2.05, 4.69) is 10.3 Å². The predicted molar refractivity (Wildman–Crippen MR) is 104 cm³/mol. The molecule has 2 heterocycles. The molecule has 0 saturated carbocycles. The number of benzene rings is 1. The van der Waals surface area contributed by atoms with Crippen molar-refractivity contribution in [3.63, 3.8) is 0 Å². The summed E-state index contributed by atoms with van der Waals surface area (Å²) >= 11 is 5.82. The molecule has 0 bridgehead atoms. The van der Waals surface area contributed by atoms with E-state index in [9.17, 15) is 13.2 Å². The predicted octanol–water partition coefficient (Wildman–Crippen LogP) is 3.00. The minimum Gasteiger partial charge on any atom is -0.353 e. The second-order valence-electron chi connectivity index (χ2n) is 6.21. The lowest BCUT2D eigenvalue weighted by Gasteiger charge is -2.28. The zero-order valence-corrected chi connectivity index (χ0v) is 15.9. The molecule has 1 saturated heterocycles. The highest BCUT2D eigenvalue weighted by Crippen LogP contribution is 2.23. The van der Waals surface area contributed by atoms with Gasteiger partial charge in [-0.25, -0.2) is 13.4 Å². The molecule has 1 aliphatic rings. The standard InChI is InChI=1S/C18H20ClN3O3S/c1-2-22(16-9-10-26(24,25)12-16)17-8-7-15(11-20-17)21-18(23)13-3-5-14(19)6-4-13/h3-8,11,16H,2,9-10,12H2,1H3,(H,21,23). The number of halogens is 1. The maximum atomic E-state index is 12.2. The number of sulfone groups is 1. The highest BCUT2D eigenvalue weighted by Gasteiger charge is 2.32. The van der Waals surface area contributed by atoms with Gasteiger partial charge in [-0.05, 0) is 49.7 Å². The van der Waals surface area contributed by atoms with Gasteiger partial charge in [-0.1, -0.05) is 11.6 Å². The molecule has 1 aromatic carbocycles. The number of nitrogens with one attached hydrogen (secondary N) is 1. The lowest BCUT2D eigenvalue weighted by molar-refractivity contribution is 0.102. The van der Waals surface area contributed by atoms with E-state index < -0.39 is 9.84 Å². The number of aromatic nitrogens is 1. The van der Waals surface area contributed by atoms with Crippen LogP contribution in [0.3, 0.4) is 0 Å². The van der Waals surface area contributed by atoms with Crippen LogP contribution in [0.4, 0.5) is 11.5 Å². The Balaban J connectivity index is 1.69. The lowest BCUT2D eigenvalue weighted by atomic mass is 10.2. The molecule has 0 aliphatic carbocycles. The van der Waals surface area contributed by atoms with Crippen molar-refractivity contribution in [3.8, 4) is 0 Å². The molecule has 6 nitrogen and oxygen atoms in total. The SMILES string of the molecule is CCN(c1ccc(NC(=O)c2ccc(Cl)cc2)cn1)C1CCS(=O)(=O)C1. The fourth-order valence-electron chi connectivity index (χ4n) is 3.06. The van der Waals surface area contributed by atoms with E-state index in [-0.39, 0.29) is 23.5 Å². The van der Waals surface area contributed by atoms with Crippen LogP contribution < -0.4 is 10.2 Å². The largest absolute Gasteiger partial charge is 0.353 e. The Morgan fingerprint density at radius 2 is 2.00 bits per heavy atom. The van der Waals surface area contributed by atoms with E-state index in [4.69, 9.17) is 11.6 Å². The van der Waals surface area contributed by atoms with Gasteiger partial charge in [0.2, 0.25) is 0 Å². The third-order valence-corrected chi connectivity index (χ3v) is 6.40. The summed E-state index contributed by atoms with van der Waals surface area (Å²) in [6, 6.07) is 10.1. The Hall–Kier alpha value is -2.12. The van der Waals surface area contributed by atoms with Crippen LogP contribution in [0.2, 0.25) is 5.02 Å². The van der Waals surface area contributed by atoms with Crippen molar-refractivity contribution >= 4 is 38.9 Å². The van der Waals surface area contributed by atoms with Crippen LogP contribution in [0.1, 0.15) is 23.7 Å². The highest BCUT2D eigenvalue weighted by atomic mass is 35.5. The Labute approximate surface area is 158 Å². The number of carbonyl (C=O) groups excluding carboxylic acids is 1. The Kier molecular flexibility index (Phi) is 5.48. The average Bonchev–Trinajstić information content (AvgIpc) is 2.97. The zero-order chi connectivity index (χ0) is 18.7. The summed E-state index contributed by atoms with van der Waals surface area (Å²) in [4.78, 5) is 18.6. The number of pyridine rings is 1. The van der Waals surface area contributed by atoms with Crippen LogP contribution in [0.25, 0.3) is 0 Å². The number of amides is 1. The summed E-state index contributed by atoms with van der Waals surface area (Å²) in [6.45, 7) is 2.65. The van der Waals surface area contributed by atoms with Crippen LogP contribution >= 0.6 is 11.6 Å². The van der Waals surface area contributed by atoms with Gasteiger partial charge in [0.25, 0.3) is 5.91 Å². The smallest absolute Gasteiger partial charge is 0.255 e. The van der Waals surface area contributed by atoms with Gasteiger partial charge in [0.1, 0.15) is 5.82 Å². The Morgan fingerprint density at radius 3 is 2.54 bits per heavy atom. The van der Waals surface area contributed by atoms with E-state index in [0.717, 1.165) is 0 Å². The van der Waals surface area contributed by atoms with E-state index >= 15 is 0 Å². The quantitative estimate of drug-likeness (QED) is 0.844. The number of rotatable bonds is 5. The van der Waals surface area contributed by atoms with E-state index in [0.29, 0.717) is 35.1 Å². The molecular formula is C18H20ClN3O3S. The van der Waals surface area contributed by atoms with Gasteiger partial charge in [-0.3, -0.25) is 4.79 Å². The van der Waals surface area contributed by atoms with Crippen molar-refractivity contribution in [2.24, 2.45) is 0 Å². The molecule has 1 N–H and O–H groups in total. The summed E-state index contributed by atoms with van der Waals surface area (Å²) in [5.74, 6) is 0.852. The number of hydrogen-bond donors (Lipinski definition) is 1. The lowest BCUT2D eigenvalue weighted by Crippen LogP contribution is -2.36. The third-order valence-electron chi connectivity index (χ3n) is 4.40. The summed E-state index contributed by atoms with van der Waals surface area (Å²) in [5.41, 5.74) is 1.08. The number of anilines is 2. The number of nitrogens with zero attached hydrogens (tertiary/aromatic N) is 2. The van der Waals surface area contributed by atoms with Crippen molar-refractivity contribution in [2.75, 3.05) is 28.3 Å². The summed E-state index contributed by atoms with van der Waals surface area (Å²) in [6.07, 6.45) is 2.20. The molecule has 1 fully saturated rings. The van der Waals surface area contributed by atoms with Gasteiger partial charge in [-0.15, -0.1) is 0 Å². The van der Waals surface area contributed by atoms with Crippen LogP contribution in [0.5, 0.6) is 0 Å². The molecule has 26 heavy (non-hydrogen) atoms. The molecule has 1 unspecified atom stereocenters. The van der Waals surface area contributed by atoms with E-state index in [1.54, 1.807) is 42.6 Å². The maximum absolute atomic E-state index is 12.2. The van der Waals surface area contributed by atoms with Crippen molar-refractivity contribution < 1.29 is 13.2 Å². The van der Waals surface area contributed by atoms with E-state index in [1.807, 2.05) is 11.8 Å². The Morgan fingerprint density at radius 1 is 1.27 bits per heavy atom. The first kappa shape index (κ1) is 18.7. The first-order valence-corrected chi connectivity index (χ1v) is 10.6. The molecule has 138 valence electrons. The molecule has 1 aliphatic heterocycles. The second kappa shape index (κ2) is 7.63. The molecule has 1 aromatic heterocycles. The maximum Gasteiger partial charge on any atom is 0.255 e. The van der Waals surface area contributed by atoms with Crippen molar-refractivity contribution in [1.82, 2.24) is 4.98 Å². The topological polar surface area (TPSA) is 79.4 Å². The van der Waals surface area contributed by atoms with Gasteiger partial charge in [-0.2, -0.15) is 0 Å². The van der Waals surface area contributed by atoms with Gasteiger partial charge in [0.15, 0.2) is 9.84 Å². The second-order valence-corrected chi connectivity index (χ2v) is 8.87. The van der Waals surface area contributed by atoms with Crippen molar-refractivity contribution in [2.45, 2.75) is 19.4 Å². The van der Waals surface area contributed by atoms with E-state index in [1.165, 1.54) is 0 Å².